The number of nitrogen functional groups attached to an aromatic ring is 1. The second kappa shape index (κ2) is 13.5. The Morgan fingerprint density at radius 2 is 1.76 bits per heavy atom. The minimum Gasteiger partial charge on any atom is -0.395 e. The topological polar surface area (TPSA) is 127 Å². The maximum Gasteiger partial charge on any atom is 0.273 e. The van der Waals surface area contributed by atoms with Crippen molar-refractivity contribution in [1.82, 2.24) is 15.0 Å². The number of aryl methyl sites for hydroxylation is 2. The molecule has 2 heterocycles. The maximum absolute atomic E-state index is 14.5. The van der Waals surface area contributed by atoms with Gasteiger partial charge in [0.25, 0.3) is 11.8 Å². The SMILES string of the molecule is Cc1ccc([C@@H](C(=O)NC[C@H]2CCCO2)N(C(=O)c2snc(C(=O)NC3CCCCC3)c2N)c2ccccc2C)cc1. The van der Waals surface area contributed by atoms with E-state index >= 15 is 0 Å². The number of benzene rings is 2. The normalized spacial score (nSPS) is 17.9. The number of nitrogens with one attached hydrogen (secondary N) is 2. The molecule has 1 saturated heterocycles. The number of nitrogens with two attached hydrogens (primary N) is 1. The van der Waals surface area contributed by atoms with Crippen LogP contribution in [0.15, 0.2) is 48.5 Å². The Hall–Kier alpha value is -3.76. The third-order valence-electron chi connectivity index (χ3n) is 8.10. The van der Waals surface area contributed by atoms with Gasteiger partial charge in [0.15, 0.2) is 5.69 Å². The predicted molar refractivity (Wildman–Crippen MR) is 165 cm³/mol. The number of rotatable bonds is 9. The van der Waals surface area contributed by atoms with E-state index in [2.05, 4.69) is 15.0 Å². The summed E-state index contributed by atoms with van der Waals surface area (Å²) < 4.78 is 10.0. The number of carbonyl (C=O) groups is 3. The first-order valence-electron chi connectivity index (χ1n) is 14.7. The first kappa shape index (κ1) is 29.7. The average Bonchev–Trinajstić information content (AvgIpc) is 3.66. The highest BCUT2D eigenvalue weighted by atomic mass is 32.1. The Kier molecular flexibility index (Phi) is 9.54. The van der Waals surface area contributed by atoms with Gasteiger partial charge < -0.3 is 21.1 Å². The lowest BCUT2D eigenvalue weighted by atomic mass is 9.95. The zero-order chi connectivity index (χ0) is 29.6. The number of para-hydroxylation sites is 1. The highest BCUT2D eigenvalue weighted by molar-refractivity contribution is 7.09. The Labute approximate surface area is 251 Å². The van der Waals surface area contributed by atoms with E-state index < -0.39 is 11.9 Å². The minimum atomic E-state index is -0.999. The van der Waals surface area contributed by atoms with Crippen LogP contribution in [0.1, 0.15) is 87.8 Å². The van der Waals surface area contributed by atoms with Crippen molar-refractivity contribution in [2.45, 2.75) is 77.0 Å². The van der Waals surface area contributed by atoms with Gasteiger partial charge in [0.05, 0.1) is 11.8 Å². The lowest BCUT2D eigenvalue weighted by molar-refractivity contribution is -0.123. The van der Waals surface area contributed by atoms with E-state index in [1.54, 1.807) is 0 Å². The summed E-state index contributed by atoms with van der Waals surface area (Å²) in [5.41, 5.74) is 9.61. The second-order valence-electron chi connectivity index (χ2n) is 11.2. The smallest absolute Gasteiger partial charge is 0.273 e. The van der Waals surface area contributed by atoms with Gasteiger partial charge in [-0.2, -0.15) is 4.37 Å². The standard InChI is InChI=1S/C32H39N5O4S/c1-20-14-16-22(17-15-20)28(31(39)34-19-24-12-8-18-41-24)37(25-13-7-6-9-21(25)2)32(40)29-26(33)27(36-42-29)30(38)35-23-10-4-3-5-11-23/h6-7,9,13-17,23-24,28H,3-5,8,10-12,18-19,33H2,1-2H3,(H,34,39)(H,35,38)/t24-,28+/m1/s1. The molecule has 1 aromatic heterocycles. The minimum absolute atomic E-state index is 0.0271. The molecule has 2 atom stereocenters. The van der Waals surface area contributed by atoms with Gasteiger partial charge in [-0.05, 0) is 68.3 Å². The molecule has 2 aliphatic rings. The Bertz CT molecular complexity index is 1410. The number of hydrogen-bond acceptors (Lipinski definition) is 7. The van der Waals surface area contributed by atoms with Crippen molar-refractivity contribution in [2.75, 3.05) is 23.8 Å². The van der Waals surface area contributed by atoms with E-state index in [0.717, 1.165) is 61.2 Å². The van der Waals surface area contributed by atoms with Gasteiger partial charge in [0.1, 0.15) is 10.9 Å². The quantitative estimate of drug-likeness (QED) is 0.319. The van der Waals surface area contributed by atoms with Crippen LogP contribution in [-0.2, 0) is 9.53 Å². The van der Waals surface area contributed by atoms with E-state index in [4.69, 9.17) is 10.5 Å². The van der Waals surface area contributed by atoms with Gasteiger partial charge in [0.2, 0.25) is 5.91 Å². The second-order valence-corrected chi connectivity index (χ2v) is 12.0. The van der Waals surface area contributed by atoms with E-state index in [-0.39, 0.29) is 40.2 Å². The monoisotopic (exact) mass is 589 g/mol. The van der Waals surface area contributed by atoms with Crippen LogP contribution in [0.4, 0.5) is 11.4 Å². The van der Waals surface area contributed by atoms with E-state index in [0.29, 0.717) is 24.4 Å². The number of carbonyl (C=O) groups excluding carboxylic acids is 3. The molecule has 2 aromatic carbocycles. The van der Waals surface area contributed by atoms with Crippen molar-refractivity contribution in [3.05, 3.63) is 75.8 Å². The van der Waals surface area contributed by atoms with Crippen molar-refractivity contribution < 1.29 is 19.1 Å². The molecule has 42 heavy (non-hydrogen) atoms. The van der Waals surface area contributed by atoms with Crippen LogP contribution in [-0.4, -0.2) is 47.4 Å². The summed E-state index contributed by atoms with van der Waals surface area (Å²) in [7, 11) is 0. The number of anilines is 2. The summed E-state index contributed by atoms with van der Waals surface area (Å²) in [6.07, 6.45) is 6.92. The molecule has 10 heteroatoms. The van der Waals surface area contributed by atoms with Gasteiger partial charge in [-0.15, -0.1) is 0 Å². The van der Waals surface area contributed by atoms with Crippen LogP contribution in [0, 0.1) is 13.8 Å². The van der Waals surface area contributed by atoms with Crippen LogP contribution in [0.3, 0.4) is 0 Å². The lowest BCUT2D eigenvalue weighted by Gasteiger charge is -2.32. The summed E-state index contributed by atoms with van der Waals surface area (Å²) in [5.74, 6) is -1.19. The summed E-state index contributed by atoms with van der Waals surface area (Å²) >= 11 is 0.885. The zero-order valence-electron chi connectivity index (χ0n) is 24.2. The van der Waals surface area contributed by atoms with Crippen LogP contribution in [0.25, 0.3) is 0 Å². The van der Waals surface area contributed by atoms with E-state index in [9.17, 15) is 14.4 Å². The fourth-order valence-corrected chi connectivity index (χ4v) is 6.44. The molecule has 1 aliphatic heterocycles. The van der Waals surface area contributed by atoms with Gasteiger partial charge in [-0.3, -0.25) is 19.3 Å². The molecule has 0 bridgehead atoms. The van der Waals surface area contributed by atoms with Crippen LogP contribution in [0.5, 0.6) is 0 Å². The van der Waals surface area contributed by atoms with Gasteiger partial charge in [-0.25, -0.2) is 0 Å². The van der Waals surface area contributed by atoms with Crippen LogP contribution >= 0.6 is 11.5 Å². The first-order chi connectivity index (χ1) is 20.3. The fourth-order valence-electron chi connectivity index (χ4n) is 5.71. The summed E-state index contributed by atoms with van der Waals surface area (Å²) in [6, 6.07) is 14.1. The van der Waals surface area contributed by atoms with E-state index in [1.807, 2.05) is 62.4 Å². The lowest BCUT2D eigenvalue weighted by Crippen LogP contribution is -2.46. The number of hydrogen-bond donors (Lipinski definition) is 3. The number of nitrogens with zero attached hydrogens (tertiary/aromatic N) is 2. The van der Waals surface area contributed by atoms with Crippen molar-refractivity contribution in [1.29, 1.82) is 0 Å². The summed E-state index contributed by atoms with van der Waals surface area (Å²) in [4.78, 5) is 43.2. The number of aromatic nitrogens is 1. The van der Waals surface area contributed by atoms with Gasteiger partial charge >= 0.3 is 0 Å². The summed E-state index contributed by atoms with van der Waals surface area (Å²) in [6.45, 7) is 4.89. The Balaban J connectivity index is 1.51. The largest absolute Gasteiger partial charge is 0.395 e. The molecule has 3 amide bonds. The zero-order valence-corrected chi connectivity index (χ0v) is 25.0. The molecule has 0 spiro atoms. The third kappa shape index (κ3) is 6.65. The van der Waals surface area contributed by atoms with Crippen molar-refractivity contribution in [3.63, 3.8) is 0 Å². The van der Waals surface area contributed by atoms with Crippen LogP contribution in [0.2, 0.25) is 0 Å². The molecule has 1 aliphatic carbocycles. The van der Waals surface area contributed by atoms with E-state index in [1.165, 1.54) is 11.3 Å². The molecule has 1 saturated carbocycles. The molecule has 3 aromatic rings. The van der Waals surface area contributed by atoms with Gasteiger partial charge in [-0.1, -0.05) is 67.3 Å². The predicted octanol–water partition coefficient (Wildman–Crippen LogP) is 5.09. The van der Waals surface area contributed by atoms with Crippen molar-refractivity contribution in [2.24, 2.45) is 0 Å². The number of ether oxygens (including phenoxy) is 1. The van der Waals surface area contributed by atoms with Gasteiger partial charge in [0, 0.05) is 24.9 Å². The molecule has 2 fully saturated rings. The molecule has 0 unspecified atom stereocenters. The molecule has 4 N–H and O–H groups in total. The van der Waals surface area contributed by atoms with Crippen molar-refractivity contribution in [3.8, 4) is 0 Å². The molecule has 222 valence electrons. The molecule has 0 radical (unpaired) electrons. The molecular weight excluding hydrogens is 550 g/mol. The Morgan fingerprint density at radius 3 is 2.45 bits per heavy atom. The highest BCUT2D eigenvalue weighted by Gasteiger charge is 2.37. The highest BCUT2D eigenvalue weighted by Crippen LogP contribution is 2.35. The maximum atomic E-state index is 14.5. The summed E-state index contributed by atoms with van der Waals surface area (Å²) in [5, 5.41) is 6.07. The third-order valence-corrected chi connectivity index (χ3v) is 8.95. The first-order valence-corrected chi connectivity index (χ1v) is 15.5. The number of amides is 3. The molecule has 5 rings (SSSR count). The molecule has 9 nitrogen and oxygen atoms in total. The van der Waals surface area contributed by atoms with Crippen LogP contribution < -0.4 is 21.3 Å². The Morgan fingerprint density at radius 1 is 1.02 bits per heavy atom. The fraction of sp³-hybridized carbons (Fsp3) is 0.438. The molecular formula is C32H39N5O4S. The van der Waals surface area contributed by atoms with Crippen molar-refractivity contribution >= 4 is 40.6 Å². The average molecular weight is 590 g/mol.